The van der Waals surface area contributed by atoms with Crippen molar-refractivity contribution < 1.29 is 0 Å². The third-order valence-corrected chi connectivity index (χ3v) is 5.01. The van der Waals surface area contributed by atoms with E-state index < -0.39 is 0 Å². The summed E-state index contributed by atoms with van der Waals surface area (Å²) in [5.41, 5.74) is 1.33. The Morgan fingerprint density at radius 1 is 1.29 bits per heavy atom. The van der Waals surface area contributed by atoms with Gasteiger partial charge in [-0.05, 0) is 65.7 Å². The fraction of sp³-hybridized carbons (Fsp3) is 0.722. The first-order valence-electron chi connectivity index (χ1n) is 8.60. The van der Waals surface area contributed by atoms with E-state index in [1.807, 2.05) is 12.4 Å². The van der Waals surface area contributed by atoms with Gasteiger partial charge in [-0.25, -0.2) is 0 Å². The lowest BCUT2D eigenvalue weighted by Gasteiger charge is -2.25. The topological polar surface area (TPSA) is 24.9 Å². The summed E-state index contributed by atoms with van der Waals surface area (Å²) in [7, 11) is 0. The van der Waals surface area contributed by atoms with E-state index in [0.29, 0.717) is 6.04 Å². The first-order valence-corrected chi connectivity index (χ1v) is 9.40. The van der Waals surface area contributed by atoms with Crippen molar-refractivity contribution in [3.8, 4) is 0 Å². The third kappa shape index (κ3) is 6.48. The van der Waals surface area contributed by atoms with E-state index in [9.17, 15) is 0 Å². The van der Waals surface area contributed by atoms with Crippen LogP contribution in [0.15, 0.2) is 22.9 Å². The molecule has 1 aromatic heterocycles. The molecule has 0 amide bonds. The van der Waals surface area contributed by atoms with Crippen LogP contribution in [0.3, 0.4) is 0 Å². The Kier molecular flexibility index (Phi) is 7.73. The van der Waals surface area contributed by atoms with Crippen LogP contribution >= 0.6 is 15.9 Å². The first-order chi connectivity index (χ1) is 10.3. The van der Waals surface area contributed by atoms with Crippen LogP contribution in [-0.2, 0) is 6.42 Å². The lowest BCUT2D eigenvalue weighted by molar-refractivity contribution is 0.312. The molecule has 1 fully saturated rings. The largest absolute Gasteiger partial charge is 0.314 e. The molecule has 1 aliphatic rings. The van der Waals surface area contributed by atoms with Crippen molar-refractivity contribution in [3.63, 3.8) is 0 Å². The predicted octanol–water partition coefficient (Wildman–Crippen LogP) is 5.12. The minimum absolute atomic E-state index is 0.600. The Hall–Kier alpha value is -0.410. The van der Waals surface area contributed by atoms with Gasteiger partial charge in [-0.3, -0.25) is 4.98 Å². The number of hydrogen-bond acceptors (Lipinski definition) is 2. The second-order valence-electron chi connectivity index (χ2n) is 6.45. The van der Waals surface area contributed by atoms with Gasteiger partial charge in [-0.15, -0.1) is 0 Å². The molecule has 2 nitrogen and oxygen atoms in total. The highest BCUT2D eigenvalue weighted by Crippen LogP contribution is 2.28. The van der Waals surface area contributed by atoms with Gasteiger partial charge in [0, 0.05) is 22.9 Å². The van der Waals surface area contributed by atoms with Crippen molar-refractivity contribution in [2.45, 2.75) is 70.8 Å². The Morgan fingerprint density at radius 2 is 2.10 bits per heavy atom. The van der Waals surface area contributed by atoms with Crippen LogP contribution in [0.5, 0.6) is 0 Å². The quantitative estimate of drug-likeness (QED) is 0.702. The molecule has 1 saturated carbocycles. The van der Waals surface area contributed by atoms with Crippen LogP contribution in [0.25, 0.3) is 0 Å². The summed E-state index contributed by atoms with van der Waals surface area (Å²) in [6, 6.07) is 2.80. The highest BCUT2D eigenvalue weighted by Gasteiger charge is 2.16. The van der Waals surface area contributed by atoms with Crippen molar-refractivity contribution in [2.75, 3.05) is 6.54 Å². The van der Waals surface area contributed by atoms with Gasteiger partial charge >= 0.3 is 0 Å². The van der Waals surface area contributed by atoms with Gasteiger partial charge in [0.1, 0.15) is 0 Å². The number of hydrogen-bond donors (Lipinski definition) is 1. The molecule has 0 saturated heterocycles. The highest BCUT2D eigenvalue weighted by molar-refractivity contribution is 9.10. The van der Waals surface area contributed by atoms with Crippen LogP contribution < -0.4 is 5.32 Å². The van der Waals surface area contributed by atoms with Gasteiger partial charge < -0.3 is 5.32 Å². The zero-order valence-electron chi connectivity index (χ0n) is 13.3. The molecular formula is C18H29BrN2. The summed E-state index contributed by atoms with van der Waals surface area (Å²) in [4.78, 5) is 4.29. The number of nitrogens with zero attached hydrogens (tertiary/aromatic N) is 1. The Labute approximate surface area is 138 Å². The van der Waals surface area contributed by atoms with Crippen molar-refractivity contribution in [2.24, 2.45) is 5.92 Å². The lowest BCUT2D eigenvalue weighted by atomic mass is 9.84. The summed E-state index contributed by atoms with van der Waals surface area (Å²) in [5.74, 6) is 0.977. The zero-order valence-corrected chi connectivity index (χ0v) is 14.9. The minimum atomic E-state index is 0.600. The van der Waals surface area contributed by atoms with E-state index in [0.717, 1.165) is 23.4 Å². The summed E-state index contributed by atoms with van der Waals surface area (Å²) in [6.07, 6.45) is 16.1. The molecule has 1 aliphatic carbocycles. The zero-order chi connectivity index (χ0) is 14.9. The molecule has 3 heteroatoms. The van der Waals surface area contributed by atoms with E-state index >= 15 is 0 Å². The Morgan fingerprint density at radius 3 is 2.81 bits per heavy atom. The van der Waals surface area contributed by atoms with Gasteiger partial charge in [0.15, 0.2) is 0 Å². The van der Waals surface area contributed by atoms with Gasteiger partial charge in [0.05, 0.1) is 0 Å². The van der Waals surface area contributed by atoms with E-state index in [2.05, 4.69) is 39.2 Å². The molecule has 1 heterocycles. The number of pyridine rings is 1. The maximum atomic E-state index is 4.29. The van der Waals surface area contributed by atoms with Crippen LogP contribution in [0.4, 0.5) is 0 Å². The Bertz CT molecular complexity index is 402. The van der Waals surface area contributed by atoms with E-state index in [4.69, 9.17) is 0 Å². The Balaban J connectivity index is 1.84. The van der Waals surface area contributed by atoms with Crippen molar-refractivity contribution in [1.82, 2.24) is 10.3 Å². The molecule has 0 radical (unpaired) electrons. The maximum Gasteiger partial charge on any atom is 0.0410 e. The fourth-order valence-electron chi connectivity index (χ4n) is 3.39. The van der Waals surface area contributed by atoms with Crippen LogP contribution in [0, 0.1) is 5.92 Å². The minimum Gasteiger partial charge on any atom is -0.314 e. The molecule has 2 rings (SSSR count). The summed E-state index contributed by atoms with van der Waals surface area (Å²) < 4.78 is 1.08. The average molecular weight is 353 g/mol. The van der Waals surface area contributed by atoms with Gasteiger partial charge in [-0.1, -0.05) is 39.0 Å². The summed E-state index contributed by atoms with van der Waals surface area (Å²) in [6.45, 7) is 3.36. The SMILES string of the molecule is CCCNC(CCC1CCCCC1)Cc1cncc(Br)c1. The molecule has 0 bridgehead atoms. The van der Waals surface area contributed by atoms with Crippen LogP contribution in [0.1, 0.15) is 63.9 Å². The molecule has 0 spiro atoms. The van der Waals surface area contributed by atoms with Crippen LogP contribution in [-0.4, -0.2) is 17.6 Å². The molecule has 1 N–H and O–H groups in total. The highest BCUT2D eigenvalue weighted by atomic mass is 79.9. The summed E-state index contributed by atoms with van der Waals surface area (Å²) in [5, 5.41) is 3.73. The van der Waals surface area contributed by atoms with Gasteiger partial charge in [-0.2, -0.15) is 0 Å². The molecule has 1 aromatic rings. The lowest BCUT2D eigenvalue weighted by Crippen LogP contribution is -2.32. The third-order valence-electron chi connectivity index (χ3n) is 4.57. The number of halogens is 1. The second-order valence-corrected chi connectivity index (χ2v) is 7.36. The normalized spacial score (nSPS) is 17.8. The van der Waals surface area contributed by atoms with Crippen molar-refractivity contribution in [1.29, 1.82) is 0 Å². The molecule has 21 heavy (non-hydrogen) atoms. The smallest absolute Gasteiger partial charge is 0.0410 e. The van der Waals surface area contributed by atoms with E-state index in [1.54, 1.807) is 0 Å². The predicted molar refractivity (Wildman–Crippen MR) is 93.5 cm³/mol. The summed E-state index contributed by atoms with van der Waals surface area (Å²) >= 11 is 3.52. The first kappa shape index (κ1) is 17.0. The monoisotopic (exact) mass is 352 g/mol. The molecule has 118 valence electrons. The maximum absolute atomic E-state index is 4.29. The molecule has 1 unspecified atom stereocenters. The van der Waals surface area contributed by atoms with Gasteiger partial charge in [0.2, 0.25) is 0 Å². The molecular weight excluding hydrogens is 324 g/mol. The number of nitrogens with one attached hydrogen (secondary N) is 1. The number of rotatable bonds is 8. The second kappa shape index (κ2) is 9.58. The van der Waals surface area contributed by atoms with E-state index in [1.165, 1.54) is 56.9 Å². The standard InChI is InChI=1S/C18H29BrN2/c1-2-10-21-18(9-8-15-6-4-3-5-7-15)12-16-11-17(19)14-20-13-16/h11,13-15,18,21H,2-10,12H2,1H3. The molecule has 0 aromatic carbocycles. The van der Waals surface area contributed by atoms with Gasteiger partial charge in [0.25, 0.3) is 0 Å². The van der Waals surface area contributed by atoms with Crippen molar-refractivity contribution in [3.05, 3.63) is 28.5 Å². The molecule has 1 atom stereocenters. The van der Waals surface area contributed by atoms with Crippen LogP contribution in [0.2, 0.25) is 0 Å². The molecule has 0 aliphatic heterocycles. The number of aromatic nitrogens is 1. The average Bonchev–Trinajstić information content (AvgIpc) is 2.51. The van der Waals surface area contributed by atoms with Crippen molar-refractivity contribution >= 4 is 15.9 Å². The van der Waals surface area contributed by atoms with E-state index in [-0.39, 0.29) is 0 Å². The fourth-order valence-corrected chi connectivity index (χ4v) is 3.80.